The molecule has 2 aliphatic rings. The number of piperidine rings is 1. The number of benzene rings is 2. The molecule has 3 amide bonds. The molecule has 2 aromatic carbocycles. The summed E-state index contributed by atoms with van der Waals surface area (Å²) in [4.78, 5) is 55.3. The van der Waals surface area contributed by atoms with E-state index in [1.165, 1.54) is 18.2 Å². The van der Waals surface area contributed by atoms with Crippen LogP contribution in [0.25, 0.3) is 0 Å². The fourth-order valence-corrected chi connectivity index (χ4v) is 4.93. The summed E-state index contributed by atoms with van der Waals surface area (Å²) in [5, 5.41) is 14.0. The minimum Gasteiger partial charge on any atom is -0.352 e. The number of non-ortho nitro benzene ring substituents is 1. The number of nitro groups is 1. The van der Waals surface area contributed by atoms with Crippen LogP contribution in [0.4, 0.5) is 11.4 Å². The lowest BCUT2D eigenvalue weighted by Gasteiger charge is -2.43. The minimum absolute atomic E-state index is 0.0232. The molecule has 0 radical (unpaired) electrons. The van der Waals surface area contributed by atoms with Crippen LogP contribution in [-0.2, 0) is 9.59 Å². The number of nitrogens with zero attached hydrogens (tertiary/aromatic N) is 4. The molecule has 2 saturated heterocycles. The topological polar surface area (TPSA) is 116 Å². The van der Waals surface area contributed by atoms with E-state index in [4.69, 9.17) is 0 Å². The third-order valence-electron chi connectivity index (χ3n) is 7.12. The summed E-state index contributed by atoms with van der Waals surface area (Å²) in [6.07, 6.45) is 1.59. The predicted octanol–water partition coefficient (Wildman–Crippen LogP) is 2.79. The Balaban J connectivity index is 1.53. The van der Waals surface area contributed by atoms with Gasteiger partial charge in [-0.2, -0.15) is 0 Å². The number of nitro benzene ring substituents is 1. The zero-order valence-corrected chi connectivity index (χ0v) is 20.6. The Morgan fingerprint density at radius 1 is 1.11 bits per heavy atom. The molecule has 0 aliphatic carbocycles. The van der Waals surface area contributed by atoms with Crippen LogP contribution >= 0.6 is 0 Å². The second kappa shape index (κ2) is 10.3. The van der Waals surface area contributed by atoms with E-state index in [1.54, 1.807) is 15.9 Å². The molecule has 10 heteroatoms. The smallest absolute Gasteiger partial charge is 0.270 e. The maximum absolute atomic E-state index is 13.7. The third-order valence-corrected chi connectivity index (χ3v) is 7.12. The van der Waals surface area contributed by atoms with Gasteiger partial charge in [0, 0.05) is 42.5 Å². The SMILES string of the molecule is CCC(C)NC(=O)CN1CN(c2ccccc2)C2(CCN(C(=O)c3cccc([N+](=O)[O-])c3)CC2)C1=O. The van der Waals surface area contributed by atoms with Gasteiger partial charge < -0.3 is 20.0 Å². The van der Waals surface area contributed by atoms with Crippen molar-refractivity contribution in [1.29, 1.82) is 0 Å². The van der Waals surface area contributed by atoms with Crippen LogP contribution in [0.5, 0.6) is 0 Å². The number of anilines is 1. The van der Waals surface area contributed by atoms with Crippen molar-refractivity contribution in [3.63, 3.8) is 0 Å². The molecule has 2 fully saturated rings. The highest BCUT2D eigenvalue weighted by Gasteiger charge is 2.54. The van der Waals surface area contributed by atoms with Crippen molar-refractivity contribution >= 4 is 29.1 Å². The summed E-state index contributed by atoms with van der Waals surface area (Å²) in [6.45, 7) is 4.82. The summed E-state index contributed by atoms with van der Waals surface area (Å²) < 4.78 is 0. The number of hydrogen-bond donors (Lipinski definition) is 1. The van der Waals surface area contributed by atoms with Crippen LogP contribution in [0.3, 0.4) is 0 Å². The van der Waals surface area contributed by atoms with Crippen molar-refractivity contribution in [1.82, 2.24) is 15.1 Å². The van der Waals surface area contributed by atoms with Crippen molar-refractivity contribution < 1.29 is 19.3 Å². The number of rotatable bonds is 7. The molecule has 0 bridgehead atoms. The Morgan fingerprint density at radius 2 is 1.81 bits per heavy atom. The van der Waals surface area contributed by atoms with Gasteiger partial charge in [-0.3, -0.25) is 24.5 Å². The first-order valence-electron chi connectivity index (χ1n) is 12.2. The van der Waals surface area contributed by atoms with Gasteiger partial charge in [-0.1, -0.05) is 31.2 Å². The van der Waals surface area contributed by atoms with E-state index < -0.39 is 10.5 Å². The molecule has 190 valence electrons. The highest BCUT2D eigenvalue weighted by molar-refractivity contribution is 5.98. The normalized spacial score (nSPS) is 17.8. The van der Waals surface area contributed by atoms with E-state index in [0.717, 1.165) is 12.1 Å². The fourth-order valence-electron chi connectivity index (χ4n) is 4.93. The number of carbonyl (C=O) groups is 3. The average Bonchev–Trinajstić information content (AvgIpc) is 3.15. The van der Waals surface area contributed by atoms with Crippen LogP contribution in [0.2, 0.25) is 0 Å². The van der Waals surface area contributed by atoms with Crippen LogP contribution in [-0.4, -0.2) is 70.3 Å². The van der Waals surface area contributed by atoms with E-state index in [9.17, 15) is 24.5 Å². The van der Waals surface area contributed by atoms with Crippen molar-refractivity contribution in [2.24, 2.45) is 0 Å². The average molecular weight is 494 g/mol. The molecule has 1 spiro atoms. The first-order chi connectivity index (χ1) is 17.2. The Hall–Kier alpha value is -3.95. The van der Waals surface area contributed by atoms with Gasteiger partial charge in [0.2, 0.25) is 5.91 Å². The first-order valence-corrected chi connectivity index (χ1v) is 12.2. The Bertz CT molecular complexity index is 1150. The summed E-state index contributed by atoms with van der Waals surface area (Å²) in [5.41, 5.74) is 0.134. The van der Waals surface area contributed by atoms with Gasteiger partial charge in [0.05, 0.1) is 11.6 Å². The van der Waals surface area contributed by atoms with Gasteiger partial charge in [0.1, 0.15) is 12.1 Å². The molecule has 1 unspecified atom stereocenters. The monoisotopic (exact) mass is 493 g/mol. The molecular weight excluding hydrogens is 462 g/mol. The second-order valence-electron chi connectivity index (χ2n) is 9.42. The van der Waals surface area contributed by atoms with Gasteiger partial charge in [-0.05, 0) is 44.4 Å². The third kappa shape index (κ3) is 4.89. The molecule has 0 saturated carbocycles. The Kier molecular flexibility index (Phi) is 7.23. The van der Waals surface area contributed by atoms with Gasteiger partial charge in [-0.25, -0.2) is 0 Å². The maximum Gasteiger partial charge on any atom is 0.270 e. The van der Waals surface area contributed by atoms with Gasteiger partial charge in [0.15, 0.2) is 0 Å². The predicted molar refractivity (Wildman–Crippen MR) is 134 cm³/mol. The molecule has 2 aromatic rings. The molecule has 36 heavy (non-hydrogen) atoms. The van der Waals surface area contributed by atoms with Crippen molar-refractivity contribution in [3.05, 3.63) is 70.3 Å². The van der Waals surface area contributed by atoms with Crippen LogP contribution < -0.4 is 10.2 Å². The number of amides is 3. The summed E-state index contributed by atoms with van der Waals surface area (Å²) >= 11 is 0. The number of para-hydroxylation sites is 1. The van der Waals surface area contributed by atoms with E-state index in [-0.39, 0.29) is 48.2 Å². The number of carbonyl (C=O) groups excluding carboxylic acids is 3. The van der Waals surface area contributed by atoms with Crippen LogP contribution in [0.1, 0.15) is 43.5 Å². The number of likely N-dealkylation sites (tertiary alicyclic amines) is 1. The van der Waals surface area contributed by atoms with Crippen LogP contribution in [0.15, 0.2) is 54.6 Å². The van der Waals surface area contributed by atoms with Crippen LogP contribution in [0, 0.1) is 10.1 Å². The highest BCUT2D eigenvalue weighted by Crippen LogP contribution is 2.39. The van der Waals surface area contributed by atoms with Crippen molar-refractivity contribution in [3.8, 4) is 0 Å². The molecule has 0 aromatic heterocycles. The first kappa shape index (κ1) is 25.2. The van der Waals surface area contributed by atoms with Crippen molar-refractivity contribution in [2.45, 2.75) is 44.7 Å². The lowest BCUT2D eigenvalue weighted by molar-refractivity contribution is -0.384. The van der Waals surface area contributed by atoms with Gasteiger partial charge in [0.25, 0.3) is 17.5 Å². The molecule has 2 aliphatic heterocycles. The minimum atomic E-state index is -0.864. The quantitative estimate of drug-likeness (QED) is 0.468. The largest absolute Gasteiger partial charge is 0.352 e. The lowest BCUT2D eigenvalue weighted by atomic mass is 9.85. The molecule has 10 nitrogen and oxygen atoms in total. The summed E-state index contributed by atoms with van der Waals surface area (Å²) in [5.74, 6) is -0.607. The maximum atomic E-state index is 13.7. The van der Waals surface area contributed by atoms with E-state index >= 15 is 0 Å². The Morgan fingerprint density at radius 3 is 2.44 bits per heavy atom. The van der Waals surface area contributed by atoms with Crippen molar-refractivity contribution in [2.75, 3.05) is 31.2 Å². The number of hydrogen-bond acceptors (Lipinski definition) is 6. The summed E-state index contributed by atoms with van der Waals surface area (Å²) in [6, 6.07) is 15.3. The molecule has 4 rings (SSSR count). The molecule has 1 N–H and O–H groups in total. The zero-order valence-electron chi connectivity index (χ0n) is 20.6. The summed E-state index contributed by atoms with van der Waals surface area (Å²) in [7, 11) is 0. The fraction of sp³-hybridized carbons (Fsp3) is 0.423. The molecular formula is C26H31N5O5. The van der Waals surface area contributed by atoms with E-state index in [1.807, 2.05) is 49.1 Å². The zero-order chi connectivity index (χ0) is 25.9. The Labute approximate surface area is 210 Å². The standard InChI is InChI=1S/C26H31N5O5/c1-3-19(2)27-23(32)17-29-18-30(21-9-5-4-6-10-21)26(25(29)34)12-14-28(15-13-26)24(33)20-8-7-11-22(16-20)31(35)36/h4-11,16,19H,3,12-15,17-18H2,1-2H3,(H,27,32). The van der Waals surface area contributed by atoms with E-state index in [2.05, 4.69) is 5.32 Å². The van der Waals surface area contributed by atoms with E-state index in [0.29, 0.717) is 25.9 Å². The second-order valence-corrected chi connectivity index (χ2v) is 9.42. The lowest BCUT2D eigenvalue weighted by Crippen LogP contribution is -2.57. The number of nitrogens with one attached hydrogen (secondary N) is 1. The molecule has 2 heterocycles. The molecule has 1 atom stereocenters. The van der Waals surface area contributed by atoms with Gasteiger partial charge in [-0.15, -0.1) is 0 Å². The van der Waals surface area contributed by atoms with Gasteiger partial charge >= 0.3 is 0 Å². The highest BCUT2D eigenvalue weighted by atomic mass is 16.6.